The fourth-order valence-electron chi connectivity index (χ4n) is 3.52. The van der Waals surface area contributed by atoms with Gasteiger partial charge in [-0.25, -0.2) is 0 Å². The molecule has 120 valence electrons. The number of nitrogens with zero attached hydrogens (tertiary/aromatic N) is 1. The van der Waals surface area contributed by atoms with Crippen LogP contribution in [0.2, 0.25) is 0 Å². The van der Waals surface area contributed by atoms with Crippen molar-refractivity contribution < 1.29 is 0 Å². The Balaban J connectivity index is 2.82. The quantitative estimate of drug-likeness (QED) is 0.697. The molecule has 1 aromatic rings. The molecule has 1 aromatic carbocycles. The molecule has 21 heavy (non-hydrogen) atoms. The topological polar surface area (TPSA) is 15.3 Å². The van der Waals surface area contributed by atoms with Crippen LogP contribution in [0.4, 0.5) is 0 Å². The van der Waals surface area contributed by atoms with Crippen molar-refractivity contribution >= 4 is 0 Å². The van der Waals surface area contributed by atoms with Gasteiger partial charge in [0.2, 0.25) is 0 Å². The molecule has 0 heterocycles. The number of likely N-dealkylation sites (N-methyl/N-ethyl adjacent to an activating group) is 1. The van der Waals surface area contributed by atoms with Gasteiger partial charge in [-0.3, -0.25) is 0 Å². The molecule has 1 rings (SSSR count). The largest absolute Gasteiger partial charge is 0.312 e. The summed E-state index contributed by atoms with van der Waals surface area (Å²) in [6, 6.07) is 11.4. The van der Waals surface area contributed by atoms with Crippen molar-refractivity contribution in [1.82, 2.24) is 10.2 Å². The lowest BCUT2D eigenvalue weighted by molar-refractivity contribution is 0.0842. The lowest BCUT2D eigenvalue weighted by Crippen LogP contribution is -2.58. The molecule has 0 radical (unpaired) electrons. The average molecular weight is 290 g/mol. The SMILES string of the molecule is CCCNC(CCc1ccccc1)C(CC)(CC)N(C)C. The van der Waals surface area contributed by atoms with E-state index in [1.54, 1.807) is 0 Å². The van der Waals surface area contributed by atoms with Gasteiger partial charge in [0, 0.05) is 11.6 Å². The average Bonchev–Trinajstić information content (AvgIpc) is 2.51. The van der Waals surface area contributed by atoms with Crippen molar-refractivity contribution in [3.8, 4) is 0 Å². The first-order valence-corrected chi connectivity index (χ1v) is 8.55. The van der Waals surface area contributed by atoms with Crippen LogP contribution >= 0.6 is 0 Å². The van der Waals surface area contributed by atoms with Crippen molar-refractivity contribution in [2.75, 3.05) is 20.6 Å². The smallest absolute Gasteiger partial charge is 0.0351 e. The van der Waals surface area contributed by atoms with Crippen LogP contribution in [0.1, 0.15) is 52.0 Å². The van der Waals surface area contributed by atoms with Crippen LogP contribution in [-0.2, 0) is 6.42 Å². The summed E-state index contributed by atoms with van der Waals surface area (Å²) < 4.78 is 0. The van der Waals surface area contributed by atoms with E-state index in [1.165, 1.54) is 31.2 Å². The number of benzene rings is 1. The van der Waals surface area contributed by atoms with Gasteiger partial charge < -0.3 is 10.2 Å². The van der Waals surface area contributed by atoms with Gasteiger partial charge in [-0.2, -0.15) is 0 Å². The molecule has 0 bridgehead atoms. The third kappa shape index (κ3) is 4.82. The van der Waals surface area contributed by atoms with Crippen LogP contribution in [0.5, 0.6) is 0 Å². The summed E-state index contributed by atoms with van der Waals surface area (Å²) in [4.78, 5) is 2.44. The van der Waals surface area contributed by atoms with E-state index in [4.69, 9.17) is 0 Å². The molecular weight excluding hydrogens is 256 g/mol. The third-order valence-electron chi connectivity index (χ3n) is 4.97. The second-order valence-corrected chi connectivity index (χ2v) is 6.24. The van der Waals surface area contributed by atoms with Crippen molar-refractivity contribution in [2.24, 2.45) is 0 Å². The van der Waals surface area contributed by atoms with Crippen LogP contribution in [-0.4, -0.2) is 37.1 Å². The van der Waals surface area contributed by atoms with Gasteiger partial charge >= 0.3 is 0 Å². The monoisotopic (exact) mass is 290 g/mol. The molecule has 1 N–H and O–H groups in total. The summed E-state index contributed by atoms with van der Waals surface area (Å²) in [5, 5.41) is 3.82. The highest BCUT2D eigenvalue weighted by atomic mass is 15.2. The molecule has 0 amide bonds. The Labute approximate surface area is 131 Å². The van der Waals surface area contributed by atoms with E-state index >= 15 is 0 Å². The summed E-state index contributed by atoms with van der Waals surface area (Å²) in [5.41, 5.74) is 1.70. The Hall–Kier alpha value is -0.860. The minimum Gasteiger partial charge on any atom is -0.312 e. The highest BCUT2D eigenvalue weighted by Gasteiger charge is 2.36. The Morgan fingerprint density at radius 1 is 1.05 bits per heavy atom. The number of hydrogen-bond donors (Lipinski definition) is 1. The van der Waals surface area contributed by atoms with Crippen molar-refractivity contribution in [1.29, 1.82) is 0 Å². The highest BCUT2D eigenvalue weighted by Crippen LogP contribution is 2.28. The maximum absolute atomic E-state index is 3.82. The third-order valence-corrected chi connectivity index (χ3v) is 4.97. The number of rotatable bonds is 10. The molecule has 2 heteroatoms. The molecule has 0 saturated heterocycles. The minimum absolute atomic E-state index is 0.254. The second-order valence-electron chi connectivity index (χ2n) is 6.24. The van der Waals surface area contributed by atoms with Gasteiger partial charge in [-0.1, -0.05) is 51.1 Å². The van der Waals surface area contributed by atoms with Crippen LogP contribution in [0, 0.1) is 0 Å². The van der Waals surface area contributed by atoms with E-state index in [9.17, 15) is 0 Å². The second kappa shape index (κ2) is 9.22. The molecule has 0 aliphatic heterocycles. The first-order valence-electron chi connectivity index (χ1n) is 8.55. The van der Waals surface area contributed by atoms with Crippen molar-refractivity contribution in [3.63, 3.8) is 0 Å². The zero-order valence-electron chi connectivity index (χ0n) is 14.7. The van der Waals surface area contributed by atoms with E-state index in [1.807, 2.05) is 0 Å². The van der Waals surface area contributed by atoms with Gasteiger partial charge in [0.05, 0.1) is 0 Å². The molecule has 0 spiro atoms. The molecule has 0 aliphatic carbocycles. The molecule has 2 nitrogen and oxygen atoms in total. The first-order chi connectivity index (χ1) is 10.1. The van der Waals surface area contributed by atoms with Crippen LogP contribution < -0.4 is 5.32 Å². The van der Waals surface area contributed by atoms with Gasteiger partial charge in [0.25, 0.3) is 0 Å². The summed E-state index contributed by atoms with van der Waals surface area (Å²) in [6.07, 6.45) is 5.92. The normalized spacial score (nSPS) is 13.6. The lowest BCUT2D eigenvalue weighted by atomic mass is 9.80. The standard InChI is InChI=1S/C19H34N2/c1-6-16-20-18(19(7-2,8-3)21(4)5)15-14-17-12-10-9-11-13-17/h9-13,18,20H,6-8,14-16H2,1-5H3. The van der Waals surface area contributed by atoms with E-state index in [0.717, 1.165) is 13.0 Å². The fraction of sp³-hybridized carbons (Fsp3) is 0.684. The fourth-order valence-corrected chi connectivity index (χ4v) is 3.52. The molecule has 0 aliphatic rings. The summed E-state index contributed by atoms with van der Waals surface area (Å²) in [5.74, 6) is 0. The molecule has 0 saturated carbocycles. The summed E-state index contributed by atoms with van der Waals surface area (Å²) in [6.45, 7) is 8.00. The first kappa shape index (κ1) is 18.2. The van der Waals surface area contributed by atoms with Gasteiger partial charge in [0.1, 0.15) is 0 Å². The Morgan fingerprint density at radius 2 is 1.67 bits per heavy atom. The Morgan fingerprint density at radius 3 is 2.14 bits per heavy atom. The van der Waals surface area contributed by atoms with Crippen LogP contribution in [0.15, 0.2) is 30.3 Å². The Bertz CT molecular complexity index is 368. The van der Waals surface area contributed by atoms with Gasteiger partial charge in [-0.15, -0.1) is 0 Å². The molecular formula is C19H34N2. The summed E-state index contributed by atoms with van der Waals surface area (Å²) in [7, 11) is 4.46. The van der Waals surface area contributed by atoms with Gasteiger partial charge in [-0.05, 0) is 58.3 Å². The van der Waals surface area contributed by atoms with Crippen molar-refractivity contribution in [2.45, 2.75) is 64.5 Å². The molecule has 0 fully saturated rings. The van der Waals surface area contributed by atoms with Crippen molar-refractivity contribution in [3.05, 3.63) is 35.9 Å². The maximum Gasteiger partial charge on any atom is 0.0351 e. The number of aryl methyl sites for hydroxylation is 1. The molecule has 0 aromatic heterocycles. The molecule has 1 unspecified atom stereocenters. The zero-order chi connectivity index (χ0) is 15.7. The predicted molar refractivity (Wildman–Crippen MR) is 93.8 cm³/mol. The molecule has 1 atom stereocenters. The predicted octanol–water partition coefficient (Wildman–Crippen LogP) is 4.11. The maximum atomic E-state index is 3.82. The van der Waals surface area contributed by atoms with E-state index in [0.29, 0.717) is 6.04 Å². The van der Waals surface area contributed by atoms with Gasteiger partial charge in [0.15, 0.2) is 0 Å². The number of hydrogen-bond acceptors (Lipinski definition) is 2. The lowest BCUT2D eigenvalue weighted by Gasteiger charge is -2.46. The van der Waals surface area contributed by atoms with Crippen LogP contribution in [0.25, 0.3) is 0 Å². The van der Waals surface area contributed by atoms with E-state index in [2.05, 4.69) is 75.4 Å². The highest BCUT2D eigenvalue weighted by molar-refractivity contribution is 5.15. The minimum atomic E-state index is 0.254. The summed E-state index contributed by atoms with van der Waals surface area (Å²) >= 11 is 0. The van der Waals surface area contributed by atoms with Crippen LogP contribution in [0.3, 0.4) is 0 Å². The Kier molecular flexibility index (Phi) is 7.98. The zero-order valence-corrected chi connectivity index (χ0v) is 14.7. The van der Waals surface area contributed by atoms with E-state index in [-0.39, 0.29) is 5.54 Å². The number of nitrogens with one attached hydrogen (secondary N) is 1. The van der Waals surface area contributed by atoms with E-state index < -0.39 is 0 Å².